The van der Waals surface area contributed by atoms with E-state index in [-0.39, 0.29) is 6.10 Å². The molecular weight excluding hydrogens is 216 g/mol. The zero-order valence-electron chi connectivity index (χ0n) is 10.9. The van der Waals surface area contributed by atoms with Crippen molar-refractivity contribution >= 4 is 12.5 Å². The van der Waals surface area contributed by atoms with Gasteiger partial charge in [0, 0.05) is 13.3 Å². The summed E-state index contributed by atoms with van der Waals surface area (Å²) in [6.07, 6.45) is 7.99. The minimum Gasteiger partial charge on any atom is -0.378 e. The number of hydrogen-bond donors (Lipinski definition) is 0. The molecule has 1 unspecified atom stereocenters. The number of carbonyl (C=O) groups excluding carboxylic acids is 1. The minimum atomic E-state index is 0.199. The molecule has 0 aliphatic heterocycles. The Morgan fingerprint density at radius 2 is 2.24 bits per heavy atom. The van der Waals surface area contributed by atoms with Gasteiger partial charge in [-0.2, -0.15) is 5.10 Å². The Hall–Kier alpha value is -1.68. The highest BCUT2D eigenvalue weighted by atomic mass is 16.5. The second-order valence-corrected chi connectivity index (χ2v) is 3.41. The molecular formula is C13H20N2O2. The third-order valence-electron chi connectivity index (χ3n) is 2.20. The summed E-state index contributed by atoms with van der Waals surface area (Å²) in [4.78, 5) is 10.4. The van der Waals surface area contributed by atoms with Crippen molar-refractivity contribution in [3.8, 4) is 0 Å². The van der Waals surface area contributed by atoms with Crippen LogP contribution in [0.3, 0.4) is 0 Å². The van der Waals surface area contributed by atoms with E-state index in [9.17, 15) is 4.79 Å². The number of aromatic nitrogens is 2. The highest BCUT2D eigenvalue weighted by Gasteiger charge is 2.00. The Kier molecular flexibility index (Phi) is 7.63. The molecule has 0 spiro atoms. The monoisotopic (exact) mass is 236 g/mol. The van der Waals surface area contributed by atoms with Gasteiger partial charge >= 0.3 is 0 Å². The standard InChI is InChI=1S/C8H10N2O.C5H10O/c1-3-4-10-7(2)8(6-11)5-9-10;1-4-5(2)6-3/h3-6H,1-2H3;4-5H,1H2,2-3H3/b4-3+;. The molecule has 0 aromatic carbocycles. The van der Waals surface area contributed by atoms with Crippen LogP contribution in [0.2, 0.25) is 0 Å². The van der Waals surface area contributed by atoms with Crippen LogP contribution in [0, 0.1) is 6.92 Å². The van der Waals surface area contributed by atoms with Crippen molar-refractivity contribution in [2.45, 2.75) is 26.9 Å². The number of nitrogens with zero attached hydrogens (tertiary/aromatic N) is 2. The first-order valence-electron chi connectivity index (χ1n) is 5.38. The van der Waals surface area contributed by atoms with Crippen LogP contribution in [0.4, 0.5) is 0 Å². The Balaban J connectivity index is 0.000000366. The second kappa shape index (κ2) is 8.47. The van der Waals surface area contributed by atoms with Crippen LogP contribution in [0.25, 0.3) is 6.20 Å². The molecule has 1 aromatic heterocycles. The highest BCUT2D eigenvalue weighted by molar-refractivity contribution is 5.76. The van der Waals surface area contributed by atoms with E-state index in [1.165, 1.54) is 0 Å². The topological polar surface area (TPSA) is 44.1 Å². The van der Waals surface area contributed by atoms with Crippen LogP contribution in [0.15, 0.2) is 24.9 Å². The number of methoxy groups -OCH3 is 1. The van der Waals surface area contributed by atoms with Crippen molar-refractivity contribution in [3.05, 3.63) is 36.2 Å². The van der Waals surface area contributed by atoms with Gasteiger partial charge in [-0.3, -0.25) is 4.79 Å². The predicted octanol–water partition coefficient (Wildman–Crippen LogP) is 2.70. The smallest absolute Gasteiger partial charge is 0.153 e. The fourth-order valence-corrected chi connectivity index (χ4v) is 0.940. The maximum atomic E-state index is 10.4. The molecule has 4 heteroatoms. The number of allylic oxidation sites excluding steroid dienone is 1. The number of aldehydes is 1. The van der Waals surface area contributed by atoms with E-state index in [2.05, 4.69) is 11.7 Å². The van der Waals surface area contributed by atoms with Crippen LogP contribution in [0.1, 0.15) is 29.9 Å². The van der Waals surface area contributed by atoms with E-state index in [1.807, 2.05) is 33.0 Å². The molecule has 0 aliphatic rings. The van der Waals surface area contributed by atoms with Crippen molar-refractivity contribution in [3.63, 3.8) is 0 Å². The number of rotatable bonds is 4. The molecule has 1 aromatic rings. The van der Waals surface area contributed by atoms with E-state index in [0.29, 0.717) is 5.56 Å². The summed E-state index contributed by atoms with van der Waals surface area (Å²) < 4.78 is 6.45. The molecule has 0 aliphatic carbocycles. The molecule has 0 amide bonds. The highest BCUT2D eigenvalue weighted by Crippen LogP contribution is 2.03. The summed E-state index contributed by atoms with van der Waals surface area (Å²) in [6, 6.07) is 0. The van der Waals surface area contributed by atoms with Crippen LogP contribution >= 0.6 is 0 Å². The molecule has 0 fully saturated rings. The van der Waals surface area contributed by atoms with Gasteiger partial charge in [-0.15, -0.1) is 6.58 Å². The van der Waals surface area contributed by atoms with E-state index >= 15 is 0 Å². The lowest BCUT2D eigenvalue weighted by Gasteiger charge is -1.97. The normalized spacial score (nSPS) is 11.8. The third kappa shape index (κ3) is 5.26. The molecule has 0 bridgehead atoms. The van der Waals surface area contributed by atoms with Gasteiger partial charge in [0.1, 0.15) is 0 Å². The first-order valence-corrected chi connectivity index (χ1v) is 5.38. The quantitative estimate of drug-likeness (QED) is 0.596. The van der Waals surface area contributed by atoms with Gasteiger partial charge in [0.2, 0.25) is 0 Å². The average Bonchev–Trinajstić information content (AvgIpc) is 2.71. The van der Waals surface area contributed by atoms with Crippen LogP contribution < -0.4 is 0 Å². The van der Waals surface area contributed by atoms with E-state index in [1.54, 1.807) is 24.1 Å². The first-order chi connectivity index (χ1) is 8.10. The molecule has 1 rings (SSSR count). The van der Waals surface area contributed by atoms with E-state index < -0.39 is 0 Å². The lowest BCUT2D eigenvalue weighted by atomic mass is 10.3. The fraction of sp³-hybridized carbons (Fsp3) is 0.385. The van der Waals surface area contributed by atoms with Crippen molar-refractivity contribution in [1.29, 1.82) is 0 Å². The zero-order chi connectivity index (χ0) is 13.3. The lowest BCUT2D eigenvalue weighted by molar-refractivity contribution is 0.112. The Bertz CT molecular complexity index is 381. The third-order valence-corrected chi connectivity index (χ3v) is 2.20. The molecule has 1 atom stereocenters. The lowest BCUT2D eigenvalue weighted by Crippen LogP contribution is -1.96. The Morgan fingerprint density at radius 3 is 2.53 bits per heavy atom. The molecule has 17 heavy (non-hydrogen) atoms. The van der Waals surface area contributed by atoms with Crippen molar-refractivity contribution < 1.29 is 9.53 Å². The molecule has 1 heterocycles. The van der Waals surface area contributed by atoms with Crippen LogP contribution in [0.5, 0.6) is 0 Å². The van der Waals surface area contributed by atoms with Gasteiger partial charge in [0.15, 0.2) is 6.29 Å². The summed E-state index contributed by atoms with van der Waals surface area (Å²) in [5.74, 6) is 0. The van der Waals surface area contributed by atoms with Crippen LogP contribution in [-0.4, -0.2) is 29.3 Å². The van der Waals surface area contributed by atoms with Gasteiger partial charge in [-0.05, 0) is 20.8 Å². The Labute approximate surface area is 103 Å². The SMILES string of the molecule is C/C=C/n1ncc(C=O)c1C.C=CC(C)OC. The minimum absolute atomic E-state index is 0.199. The van der Waals surface area contributed by atoms with E-state index in [0.717, 1.165) is 12.0 Å². The molecule has 0 saturated carbocycles. The fourth-order valence-electron chi connectivity index (χ4n) is 0.940. The molecule has 0 saturated heterocycles. The molecule has 0 N–H and O–H groups in total. The van der Waals surface area contributed by atoms with E-state index in [4.69, 9.17) is 4.74 Å². The molecule has 0 radical (unpaired) electrons. The number of hydrogen-bond acceptors (Lipinski definition) is 3. The first kappa shape index (κ1) is 15.3. The van der Waals surface area contributed by atoms with Gasteiger partial charge in [-0.25, -0.2) is 4.68 Å². The summed E-state index contributed by atoms with van der Waals surface area (Å²) in [7, 11) is 1.66. The average molecular weight is 236 g/mol. The van der Waals surface area contributed by atoms with Crippen molar-refractivity contribution in [2.24, 2.45) is 0 Å². The maximum absolute atomic E-state index is 10.4. The predicted molar refractivity (Wildman–Crippen MR) is 70.0 cm³/mol. The van der Waals surface area contributed by atoms with Crippen molar-refractivity contribution in [2.75, 3.05) is 7.11 Å². The molecule has 4 nitrogen and oxygen atoms in total. The Morgan fingerprint density at radius 1 is 1.59 bits per heavy atom. The van der Waals surface area contributed by atoms with Gasteiger partial charge < -0.3 is 4.74 Å². The molecule has 94 valence electrons. The summed E-state index contributed by atoms with van der Waals surface area (Å²) >= 11 is 0. The van der Waals surface area contributed by atoms with Gasteiger partial charge in [0.05, 0.1) is 23.6 Å². The summed E-state index contributed by atoms with van der Waals surface area (Å²) in [5.41, 5.74) is 1.52. The van der Waals surface area contributed by atoms with Gasteiger partial charge in [-0.1, -0.05) is 12.2 Å². The summed E-state index contributed by atoms with van der Waals surface area (Å²) in [6.45, 7) is 9.21. The number of carbonyl (C=O) groups is 1. The largest absolute Gasteiger partial charge is 0.378 e. The summed E-state index contributed by atoms with van der Waals surface area (Å²) in [5, 5.41) is 3.97. The van der Waals surface area contributed by atoms with Crippen LogP contribution in [-0.2, 0) is 4.74 Å². The number of ether oxygens (including phenoxy) is 1. The maximum Gasteiger partial charge on any atom is 0.153 e. The van der Waals surface area contributed by atoms with Gasteiger partial charge in [0.25, 0.3) is 0 Å². The zero-order valence-corrected chi connectivity index (χ0v) is 10.9. The second-order valence-electron chi connectivity index (χ2n) is 3.41. The van der Waals surface area contributed by atoms with Crippen molar-refractivity contribution in [1.82, 2.24) is 9.78 Å².